The van der Waals surface area contributed by atoms with E-state index in [0.29, 0.717) is 40.9 Å². The predicted octanol–water partition coefficient (Wildman–Crippen LogP) is 2.29. The number of anilines is 2. The topological polar surface area (TPSA) is 122 Å². The van der Waals surface area contributed by atoms with Gasteiger partial charge in [-0.25, -0.2) is 15.0 Å². The van der Waals surface area contributed by atoms with Crippen LogP contribution in [0.4, 0.5) is 11.6 Å². The Labute approximate surface area is 179 Å². The van der Waals surface area contributed by atoms with E-state index in [2.05, 4.69) is 30.5 Å². The van der Waals surface area contributed by atoms with Crippen LogP contribution in [0.5, 0.6) is 0 Å². The SMILES string of the molecule is CO[C@H]1CC[C@H](CN2CC(=O)Nc3ncc(-c4cccnc4-c4nc[nH]n4)nc32)CC1. The van der Waals surface area contributed by atoms with Crippen molar-refractivity contribution in [1.29, 1.82) is 0 Å². The number of amides is 1. The third kappa shape index (κ3) is 3.98. The smallest absolute Gasteiger partial charge is 0.245 e. The number of carbonyl (C=O) groups excluding carboxylic acids is 1. The molecular weight excluding hydrogens is 396 g/mol. The molecule has 2 aliphatic rings. The summed E-state index contributed by atoms with van der Waals surface area (Å²) in [4.78, 5) is 32.4. The van der Waals surface area contributed by atoms with Crippen LogP contribution in [0.25, 0.3) is 22.8 Å². The van der Waals surface area contributed by atoms with Gasteiger partial charge in [0.05, 0.1) is 24.5 Å². The van der Waals surface area contributed by atoms with Crippen LogP contribution >= 0.6 is 0 Å². The number of methoxy groups -OCH3 is 1. The maximum Gasteiger partial charge on any atom is 0.245 e. The summed E-state index contributed by atoms with van der Waals surface area (Å²) in [5, 5.41) is 9.72. The maximum atomic E-state index is 12.3. The zero-order valence-corrected chi connectivity index (χ0v) is 17.3. The third-order valence-corrected chi connectivity index (χ3v) is 5.96. The number of carbonyl (C=O) groups is 1. The lowest BCUT2D eigenvalue weighted by atomic mass is 9.87. The highest BCUT2D eigenvalue weighted by Crippen LogP contribution is 2.34. The van der Waals surface area contributed by atoms with Crippen molar-refractivity contribution in [3.8, 4) is 22.8 Å². The number of fused-ring (bicyclic) bond motifs is 1. The molecule has 1 saturated carbocycles. The van der Waals surface area contributed by atoms with Gasteiger partial charge in [0.25, 0.3) is 0 Å². The molecule has 2 N–H and O–H groups in total. The highest BCUT2D eigenvalue weighted by molar-refractivity contribution is 5.99. The van der Waals surface area contributed by atoms with Gasteiger partial charge in [-0.15, -0.1) is 0 Å². The predicted molar refractivity (Wildman–Crippen MR) is 114 cm³/mol. The molecule has 4 heterocycles. The van der Waals surface area contributed by atoms with Crippen molar-refractivity contribution in [2.24, 2.45) is 5.92 Å². The maximum absolute atomic E-state index is 12.3. The summed E-state index contributed by atoms with van der Waals surface area (Å²) in [7, 11) is 1.78. The largest absolute Gasteiger partial charge is 0.381 e. The zero-order chi connectivity index (χ0) is 21.2. The molecule has 0 atom stereocenters. The van der Waals surface area contributed by atoms with E-state index >= 15 is 0 Å². The average Bonchev–Trinajstić information content (AvgIpc) is 3.34. The molecule has 0 radical (unpaired) electrons. The Morgan fingerprint density at radius 2 is 2.06 bits per heavy atom. The minimum Gasteiger partial charge on any atom is -0.381 e. The summed E-state index contributed by atoms with van der Waals surface area (Å²) in [5.74, 6) is 2.11. The Bertz CT molecular complexity index is 1060. The van der Waals surface area contributed by atoms with Crippen molar-refractivity contribution in [3.05, 3.63) is 30.9 Å². The number of aromatic amines is 1. The number of aromatic nitrogens is 6. The zero-order valence-electron chi connectivity index (χ0n) is 17.3. The van der Waals surface area contributed by atoms with Crippen molar-refractivity contribution in [2.45, 2.75) is 31.8 Å². The number of hydrogen-bond donors (Lipinski definition) is 2. The minimum atomic E-state index is -0.0667. The fraction of sp³-hybridized carbons (Fsp3) is 0.429. The van der Waals surface area contributed by atoms with Crippen LogP contribution in [0.1, 0.15) is 25.7 Å². The number of nitrogens with zero attached hydrogens (tertiary/aromatic N) is 6. The summed E-state index contributed by atoms with van der Waals surface area (Å²) in [6.45, 7) is 1.05. The summed E-state index contributed by atoms with van der Waals surface area (Å²) in [6, 6.07) is 3.77. The van der Waals surface area contributed by atoms with Gasteiger partial charge in [-0.1, -0.05) is 0 Å². The molecule has 10 heteroatoms. The molecule has 0 saturated heterocycles. The molecule has 1 fully saturated rings. The second-order valence-electron chi connectivity index (χ2n) is 7.96. The third-order valence-electron chi connectivity index (χ3n) is 5.96. The van der Waals surface area contributed by atoms with Crippen LogP contribution in [-0.4, -0.2) is 62.3 Å². The second kappa shape index (κ2) is 8.38. The molecule has 160 valence electrons. The fourth-order valence-electron chi connectivity index (χ4n) is 4.36. The van der Waals surface area contributed by atoms with E-state index in [1.165, 1.54) is 6.33 Å². The van der Waals surface area contributed by atoms with Crippen LogP contribution in [-0.2, 0) is 9.53 Å². The molecule has 1 amide bonds. The van der Waals surface area contributed by atoms with Gasteiger partial charge in [-0.3, -0.25) is 14.9 Å². The first-order valence-electron chi connectivity index (χ1n) is 10.5. The van der Waals surface area contributed by atoms with E-state index < -0.39 is 0 Å². The van der Waals surface area contributed by atoms with Crippen molar-refractivity contribution in [2.75, 3.05) is 30.4 Å². The monoisotopic (exact) mass is 420 g/mol. The summed E-state index contributed by atoms with van der Waals surface area (Å²) in [6.07, 6.45) is 9.48. The minimum absolute atomic E-state index is 0.0667. The van der Waals surface area contributed by atoms with Crippen LogP contribution in [0.15, 0.2) is 30.9 Å². The lowest BCUT2D eigenvalue weighted by Gasteiger charge is -2.35. The molecule has 0 spiro atoms. The Kier molecular flexibility index (Phi) is 5.29. The molecule has 0 aromatic carbocycles. The Morgan fingerprint density at radius 1 is 1.19 bits per heavy atom. The molecule has 3 aromatic rings. The quantitative estimate of drug-likeness (QED) is 0.645. The highest BCUT2D eigenvalue weighted by Gasteiger charge is 2.29. The summed E-state index contributed by atoms with van der Waals surface area (Å²) in [5.41, 5.74) is 2.08. The van der Waals surface area contributed by atoms with Gasteiger partial charge in [0.15, 0.2) is 17.5 Å². The molecule has 0 bridgehead atoms. The molecule has 5 rings (SSSR count). The van der Waals surface area contributed by atoms with Gasteiger partial charge in [-0.05, 0) is 43.7 Å². The van der Waals surface area contributed by atoms with E-state index in [0.717, 1.165) is 37.8 Å². The molecule has 1 aliphatic heterocycles. The fourth-order valence-corrected chi connectivity index (χ4v) is 4.36. The van der Waals surface area contributed by atoms with Crippen molar-refractivity contribution in [3.63, 3.8) is 0 Å². The van der Waals surface area contributed by atoms with Crippen LogP contribution in [0.2, 0.25) is 0 Å². The first kappa shape index (κ1) is 19.6. The van der Waals surface area contributed by atoms with Crippen LogP contribution < -0.4 is 10.2 Å². The lowest BCUT2D eigenvalue weighted by molar-refractivity contribution is -0.115. The number of rotatable bonds is 5. The number of H-pyrrole nitrogens is 1. The Balaban J connectivity index is 1.45. The molecule has 0 unspecified atom stereocenters. The standard InChI is InChI=1S/C21H24N8O2/c1-31-14-6-4-13(5-7-14)10-29-11-17(30)27-20-21(29)26-16(9-23-20)15-3-2-8-22-18(15)19-24-12-25-28-19/h2-3,8-9,12-14H,4-7,10-11H2,1H3,(H,23,27,30)(H,24,25,28)/t13-,14-. The van der Waals surface area contributed by atoms with Crippen LogP contribution in [0.3, 0.4) is 0 Å². The van der Waals surface area contributed by atoms with Crippen LogP contribution in [0, 0.1) is 5.92 Å². The Morgan fingerprint density at radius 3 is 2.84 bits per heavy atom. The molecule has 31 heavy (non-hydrogen) atoms. The number of nitrogens with one attached hydrogen (secondary N) is 2. The average molecular weight is 420 g/mol. The first-order valence-corrected chi connectivity index (χ1v) is 10.5. The van der Waals surface area contributed by atoms with Gasteiger partial charge < -0.3 is 15.0 Å². The van der Waals surface area contributed by atoms with Gasteiger partial charge in [-0.2, -0.15) is 5.10 Å². The van der Waals surface area contributed by atoms with Gasteiger partial charge >= 0.3 is 0 Å². The summed E-state index contributed by atoms with van der Waals surface area (Å²) >= 11 is 0. The second-order valence-corrected chi connectivity index (χ2v) is 7.96. The number of pyridine rings is 1. The highest BCUT2D eigenvalue weighted by atomic mass is 16.5. The van der Waals surface area contributed by atoms with E-state index in [9.17, 15) is 4.79 Å². The van der Waals surface area contributed by atoms with E-state index in [1.807, 2.05) is 17.0 Å². The van der Waals surface area contributed by atoms with Gasteiger partial charge in [0, 0.05) is 25.4 Å². The van der Waals surface area contributed by atoms with E-state index in [4.69, 9.17) is 9.72 Å². The summed E-state index contributed by atoms with van der Waals surface area (Å²) < 4.78 is 5.49. The normalized spacial score (nSPS) is 20.9. The molecule has 1 aliphatic carbocycles. The Hall–Kier alpha value is -3.40. The molecule has 3 aromatic heterocycles. The van der Waals surface area contributed by atoms with Gasteiger partial charge in [0.2, 0.25) is 5.91 Å². The van der Waals surface area contributed by atoms with E-state index in [-0.39, 0.29) is 12.5 Å². The van der Waals surface area contributed by atoms with Crippen molar-refractivity contribution < 1.29 is 9.53 Å². The number of hydrogen-bond acceptors (Lipinski definition) is 8. The van der Waals surface area contributed by atoms with E-state index in [1.54, 1.807) is 19.5 Å². The van der Waals surface area contributed by atoms with Crippen molar-refractivity contribution in [1.82, 2.24) is 30.1 Å². The molecular formula is C21H24N8O2. The molecule has 10 nitrogen and oxygen atoms in total. The first-order chi connectivity index (χ1) is 15.2. The van der Waals surface area contributed by atoms with Crippen molar-refractivity contribution >= 4 is 17.5 Å². The lowest BCUT2D eigenvalue weighted by Crippen LogP contribution is -2.42. The van der Waals surface area contributed by atoms with Gasteiger partial charge in [0.1, 0.15) is 12.0 Å². The number of ether oxygens (including phenoxy) is 1.